The van der Waals surface area contributed by atoms with Crippen molar-refractivity contribution >= 4 is 35.3 Å². The van der Waals surface area contributed by atoms with Gasteiger partial charge in [-0.05, 0) is 0 Å². The third kappa shape index (κ3) is 7.39. The van der Waals surface area contributed by atoms with Gasteiger partial charge in [0, 0.05) is 0 Å². The van der Waals surface area contributed by atoms with Crippen molar-refractivity contribution in [2.75, 3.05) is 0 Å². The molecule has 60 heavy (non-hydrogen) atoms. The van der Waals surface area contributed by atoms with Crippen LogP contribution in [0.1, 0.15) is 123 Å². The quantitative estimate of drug-likeness (QED) is 0.127. The topological polar surface area (TPSA) is 0 Å². The SMILES string of the molecule is CC(C)CC1=Cc2c(-c3ccccc3C(C)(C)C)cccc2[CH]1[Zr]([c]1cccc2c1[SiH2]c1ccccc1-2)[CH]1C(CC(C)C)=Cc2c(-c3ccccc3C(C)(C)C)cccc21. The fourth-order valence-electron chi connectivity index (χ4n) is 11.1. The average Bonchev–Trinajstić information content (AvgIpc) is 3.88. The van der Waals surface area contributed by atoms with E-state index in [1.807, 2.05) is 0 Å². The number of fused-ring (bicyclic) bond motifs is 5. The molecule has 0 amide bonds. The molecule has 0 bridgehead atoms. The second-order valence-corrected chi connectivity index (χ2v) is 29.1. The van der Waals surface area contributed by atoms with Crippen molar-refractivity contribution in [3.05, 3.63) is 172 Å². The van der Waals surface area contributed by atoms with E-state index in [0.29, 0.717) is 19.1 Å². The third-order valence-corrected chi connectivity index (χ3v) is 25.5. The average molecular weight is 879 g/mol. The van der Waals surface area contributed by atoms with Crippen molar-refractivity contribution in [1.29, 1.82) is 0 Å². The first-order chi connectivity index (χ1) is 28.7. The first kappa shape index (κ1) is 41.3. The summed E-state index contributed by atoms with van der Waals surface area (Å²) in [5.74, 6) is 1.15. The Bertz CT molecular complexity index is 2540. The van der Waals surface area contributed by atoms with Gasteiger partial charge in [0.25, 0.3) is 0 Å². The van der Waals surface area contributed by atoms with Gasteiger partial charge in [-0.25, -0.2) is 0 Å². The van der Waals surface area contributed by atoms with Crippen LogP contribution in [-0.4, -0.2) is 9.52 Å². The fraction of sp³-hybridized carbons (Fsp3) is 0.310. The summed E-state index contributed by atoms with van der Waals surface area (Å²) in [4.78, 5) is 0. The molecule has 1 aliphatic heterocycles. The zero-order valence-corrected chi connectivity index (χ0v) is 41.6. The number of hydrogen-bond acceptors (Lipinski definition) is 0. The van der Waals surface area contributed by atoms with Crippen LogP contribution in [0.5, 0.6) is 0 Å². The van der Waals surface area contributed by atoms with Crippen LogP contribution in [0.4, 0.5) is 0 Å². The predicted molar refractivity (Wildman–Crippen MR) is 261 cm³/mol. The number of allylic oxidation sites excluding steroid dienone is 2. The predicted octanol–water partition coefficient (Wildman–Crippen LogP) is 13.3. The third-order valence-electron chi connectivity index (χ3n) is 13.4. The molecule has 2 atom stereocenters. The van der Waals surface area contributed by atoms with Crippen molar-refractivity contribution in [3.8, 4) is 33.4 Å². The van der Waals surface area contributed by atoms with E-state index in [9.17, 15) is 0 Å². The fourth-order valence-corrected chi connectivity index (χ4v) is 25.0. The Morgan fingerprint density at radius 3 is 1.37 bits per heavy atom. The molecule has 0 saturated heterocycles. The van der Waals surface area contributed by atoms with E-state index in [-0.39, 0.29) is 10.8 Å². The maximum absolute atomic E-state index is 2.94. The molecular formula is C58H63SiZr. The van der Waals surface area contributed by atoms with Crippen LogP contribution in [-0.2, 0) is 32.6 Å². The van der Waals surface area contributed by atoms with E-state index in [1.165, 1.54) is 55.6 Å². The molecule has 0 nitrogen and oxygen atoms in total. The second-order valence-electron chi connectivity index (χ2n) is 20.8. The summed E-state index contributed by atoms with van der Waals surface area (Å²) in [6, 6.07) is 50.2. The molecule has 9 rings (SSSR count). The molecule has 0 spiro atoms. The van der Waals surface area contributed by atoms with E-state index in [0.717, 1.165) is 12.8 Å². The van der Waals surface area contributed by atoms with Gasteiger partial charge in [-0.1, -0.05) is 0 Å². The monoisotopic (exact) mass is 877 g/mol. The van der Waals surface area contributed by atoms with Gasteiger partial charge >= 0.3 is 374 Å². The van der Waals surface area contributed by atoms with E-state index in [2.05, 4.69) is 209 Å². The molecule has 1 heterocycles. The minimum absolute atomic E-state index is 0.0420. The maximum atomic E-state index is 2.71. The van der Waals surface area contributed by atoms with Crippen LogP contribution >= 0.6 is 0 Å². The van der Waals surface area contributed by atoms with Gasteiger partial charge in [0.2, 0.25) is 0 Å². The van der Waals surface area contributed by atoms with E-state index >= 15 is 0 Å². The molecule has 3 aliphatic rings. The van der Waals surface area contributed by atoms with E-state index < -0.39 is 31.3 Å². The molecule has 2 unspecified atom stereocenters. The Labute approximate surface area is 371 Å². The molecule has 0 saturated carbocycles. The van der Waals surface area contributed by atoms with Gasteiger partial charge < -0.3 is 0 Å². The summed E-state index contributed by atoms with van der Waals surface area (Å²) in [5.41, 5.74) is 21.1. The Morgan fingerprint density at radius 1 is 0.467 bits per heavy atom. The summed E-state index contributed by atoms with van der Waals surface area (Å²) in [7, 11) is -0.646. The second kappa shape index (κ2) is 16.0. The molecule has 6 aromatic rings. The molecule has 2 heteroatoms. The van der Waals surface area contributed by atoms with Gasteiger partial charge in [-0.3, -0.25) is 0 Å². The van der Waals surface area contributed by atoms with Crippen molar-refractivity contribution in [2.24, 2.45) is 11.8 Å². The zero-order valence-electron chi connectivity index (χ0n) is 37.7. The molecule has 0 radical (unpaired) electrons. The Balaban J connectivity index is 1.33. The first-order valence-corrected chi connectivity index (χ1v) is 28.1. The van der Waals surface area contributed by atoms with Crippen LogP contribution in [0.25, 0.3) is 45.5 Å². The summed E-state index contributed by atoms with van der Waals surface area (Å²) in [6.07, 6.45) is 7.70. The number of hydrogen-bond donors (Lipinski definition) is 0. The molecule has 6 aromatic carbocycles. The van der Waals surface area contributed by atoms with Crippen LogP contribution in [0.2, 0.25) is 0 Å². The van der Waals surface area contributed by atoms with Crippen LogP contribution in [0, 0.1) is 11.8 Å². The molecular weight excluding hydrogens is 816 g/mol. The summed E-state index contributed by atoms with van der Waals surface area (Å²) in [6.45, 7) is 24.0. The standard InChI is InChI=1S/2C23H27.C12H9Si.Zr/c2*1-16(2)13-17-14-18-9-8-11-19(21(18)15-17)20-10-6-7-12-22(20)23(3,4)5;1-3-7-11-9(5-1)10-6-2-4-8-12(10)13-11;/h2*6-12,14-16H,13H2,1-5H3;1-7H,13H2;. The normalized spacial score (nSPS) is 17.1. The van der Waals surface area contributed by atoms with Crippen LogP contribution in [0.3, 0.4) is 0 Å². The molecule has 0 fully saturated rings. The van der Waals surface area contributed by atoms with Gasteiger partial charge in [-0.15, -0.1) is 0 Å². The Hall–Kier alpha value is -4.10. The zero-order chi connectivity index (χ0) is 42.1. The van der Waals surface area contributed by atoms with Gasteiger partial charge in [-0.2, -0.15) is 0 Å². The number of rotatable bonds is 9. The summed E-state index contributed by atoms with van der Waals surface area (Å²) < 4.78 is 2.69. The number of benzene rings is 6. The van der Waals surface area contributed by atoms with Crippen molar-refractivity contribution in [1.82, 2.24) is 0 Å². The van der Waals surface area contributed by atoms with E-state index in [4.69, 9.17) is 0 Å². The first-order valence-electron chi connectivity index (χ1n) is 22.6. The van der Waals surface area contributed by atoms with Crippen molar-refractivity contribution in [2.45, 2.75) is 100 Å². The molecule has 2 aliphatic carbocycles. The summed E-state index contributed by atoms with van der Waals surface area (Å²) in [5, 5.41) is 3.38. The minimum atomic E-state index is -2.94. The van der Waals surface area contributed by atoms with Crippen molar-refractivity contribution in [3.63, 3.8) is 0 Å². The summed E-state index contributed by atoms with van der Waals surface area (Å²) >= 11 is -2.94. The Morgan fingerprint density at radius 2 is 0.883 bits per heavy atom. The van der Waals surface area contributed by atoms with Gasteiger partial charge in [0.05, 0.1) is 0 Å². The van der Waals surface area contributed by atoms with Crippen molar-refractivity contribution < 1.29 is 21.8 Å². The van der Waals surface area contributed by atoms with Gasteiger partial charge in [0.1, 0.15) is 0 Å². The van der Waals surface area contributed by atoms with E-state index in [1.54, 1.807) is 35.9 Å². The molecule has 303 valence electrons. The Kier molecular flexibility index (Phi) is 11.0. The van der Waals surface area contributed by atoms with Gasteiger partial charge in [0.15, 0.2) is 0 Å². The molecule has 0 N–H and O–H groups in total. The van der Waals surface area contributed by atoms with Crippen LogP contribution < -0.4 is 13.6 Å². The molecule has 0 aromatic heterocycles. The van der Waals surface area contributed by atoms with Crippen LogP contribution in [0.15, 0.2) is 139 Å².